The molecule has 1 N–H and O–H groups in total. The maximum atomic E-state index is 6.14. The third kappa shape index (κ3) is 2.91. The first-order valence-electron chi connectivity index (χ1n) is 7.23. The lowest BCUT2D eigenvalue weighted by Gasteiger charge is -2.40. The first kappa shape index (κ1) is 14.8. The molecule has 1 spiro atoms. The van der Waals surface area contributed by atoms with Crippen LogP contribution in [-0.4, -0.2) is 35.7 Å². The first-order valence-corrected chi connectivity index (χ1v) is 9.18. The van der Waals surface area contributed by atoms with Crippen LogP contribution in [0.4, 0.5) is 0 Å². The molecule has 110 valence electrons. The molecule has 5 heteroatoms. The van der Waals surface area contributed by atoms with Gasteiger partial charge in [-0.05, 0) is 66.0 Å². The Hall–Kier alpha value is -0.100. The van der Waals surface area contributed by atoms with Gasteiger partial charge in [0.05, 0.1) is 17.3 Å². The summed E-state index contributed by atoms with van der Waals surface area (Å²) in [6.07, 6.45) is 5.34. The van der Waals surface area contributed by atoms with Crippen molar-refractivity contribution in [3.05, 3.63) is 28.5 Å². The fourth-order valence-electron chi connectivity index (χ4n) is 3.44. The minimum absolute atomic E-state index is 0.129. The lowest BCUT2D eigenvalue weighted by Crippen LogP contribution is -2.43. The second kappa shape index (κ2) is 6.34. The van der Waals surface area contributed by atoms with Crippen LogP contribution in [0, 0.1) is 5.92 Å². The fourth-order valence-corrected chi connectivity index (χ4v) is 5.32. The molecule has 3 unspecified atom stereocenters. The van der Waals surface area contributed by atoms with Crippen LogP contribution in [0.5, 0.6) is 0 Å². The molecule has 0 radical (unpaired) electrons. The molecule has 2 fully saturated rings. The van der Waals surface area contributed by atoms with E-state index in [2.05, 4.69) is 32.3 Å². The lowest BCUT2D eigenvalue weighted by atomic mass is 9.80. The van der Waals surface area contributed by atoms with E-state index in [1.807, 2.05) is 31.1 Å². The highest BCUT2D eigenvalue weighted by atomic mass is 79.9. The van der Waals surface area contributed by atoms with Gasteiger partial charge in [0.25, 0.3) is 0 Å². The summed E-state index contributed by atoms with van der Waals surface area (Å²) in [7, 11) is 2.04. The Morgan fingerprint density at radius 2 is 2.50 bits per heavy atom. The Bertz CT molecular complexity index is 465. The summed E-state index contributed by atoms with van der Waals surface area (Å²) in [6, 6.07) is 4.35. The highest BCUT2D eigenvalue weighted by molar-refractivity contribution is 9.10. The molecule has 3 nitrogen and oxygen atoms in total. The van der Waals surface area contributed by atoms with E-state index in [0.717, 1.165) is 35.4 Å². The molecule has 0 aliphatic carbocycles. The van der Waals surface area contributed by atoms with E-state index in [4.69, 9.17) is 4.74 Å². The number of rotatable bonds is 3. The van der Waals surface area contributed by atoms with Gasteiger partial charge in [-0.2, -0.15) is 11.8 Å². The molecule has 3 atom stereocenters. The van der Waals surface area contributed by atoms with Crippen molar-refractivity contribution in [3.8, 4) is 0 Å². The first-order chi connectivity index (χ1) is 9.74. The highest BCUT2D eigenvalue weighted by Gasteiger charge is 2.42. The molecule has 0 bridgehead atoms. The summed E-state index contributed by atoms with van der Waals surface area (Å²) in [6.45, 7) is 0.883. The van der Waals surface area contributed by atoms with Gasteiger partial charge in [-0.15, -0.1) is 0 Å². The van der Waals surface area contributed by atoms with Crippen LogP contribution < -0.4 is 5.32 Å². The lowest BCUT2D eigenvalue weighted by molar-refractivity contribution is -0.0853. The van der Waals surface area contributed by atoms with Gasteiger partial charge in [0.15, 0.2) is 0 Å². The number of thioether (sulfide) groups is 1. The van der Waals surface area contributed by atoms with E-state index in [-0.39, 0.29) is 5.60 Å². The van der Waals surface area contributed by atoms with E-state index in [9.17, 15) is 0 Å². The molecule has 1 aromatic heterocycles. The second-order valence-corrected chi connectivity index (χ2v) is 7.68. The predicted molar refractivity (Wildman–Crippen MR) is 87.1 cm³/mol. The number of hydrogen-bond donors (Lipinski definition) is 1. The van der Waals surface area contributed by atoms with Crippen LogP contribution in [0.2, 0.25) is 0 Å². The molecule has 3 rings (SSSR count). The summed E-state index contributed by atoms with van der Waals surface area (Å²) in [5.41, 5.74) is 1.26. The standard InChI is InChI=1S/C15H21BrN2OS/c1-17-13(14-12(16)3-2-6-18-14)11-4-7-19-15(9-11)5-8-20-10-15/h2-3,6,11,13,17H,4-5,7-10H2,1H3. The van der Waals surface area contributed by atoms with Crippen molar-refractivity contribution in [1.82, 2.24) is 10.3 Å². The Morgan fingerprint density at radius 1 is 1.60 bits per heavy atom. The summed E-state index contributed by atoms with van der Waals surface area (Å²) < 4.78 is 7.23. The highest BCUT2D eigenvalue weighted by Crippen LogP contribution is 2.44. The second-order valence-electron chi connectivity index (χ2n) is 5.72. The third-order valence-corrected chi connectivity index (χ3v) is 6.36. The third-order valence-electron chi connectivity index (χ3n) is 4.46. The van der Waals surface area contributed by atoms with Crippen LogP contribution in [0.1, 0.15) is 31.0 Å². The molecule has 0 saturated carbocycles. The van der Waals surface area contributed by atoms with Crippen molar-refractivity contribution in [2.45, 2.75) is 30.9 Å². The quantitative estimate of drug-likeness (QED) is 0.899. The molecule has 2 aliphatic rings. The van der Waals surface area contributed by atoms with Gasteiger partial charge in [0.1, 0.15) is 0 Å². The van der Waals surface area contributed by atoms with Gasteiger partial charge < -0.3 is 10.1 Å². The van der Waals surface area contributed by atoms with Crippen LogP contribution in [0.3, 0.4) is 0 Å². The normalized spacial score (nSPS) is 31.6. The number of nitrogens with one attached hydrogen (secondary N) is 1. The van der Waals surface area contributed by atoms with Crippen LogP contribution in [0.15, 0.2) is 22.8 Å². The number of halogens is 1. The van der Waals surface area contributed by atoms with E-state index in [1.165, 1.54) is 12.2 Å². The zero-order valence-corrected chi connectivity index (χ0v) is 14.2. The molecule has 0 amide bonds. The summed E-state index contributed by atoms with van der Waals surface area (Å²) in [4.78, 5) is 4.58. The van der Waals surface area contributed by atoms with Gasteiger partial charge in [-0.25, -0.2) is 0 Å². The van der Waals surface area contributed by atoms with Gasteiger partial charge in [0.2, 0.25) is 0 Å². The predicted octanol–water partition coefficient (Wildman–Crippen LogP) is 3.41. The van der Waals surface area contributed by atoms with Crippen LogP contribution >= 0.6 is 27.7 Å². The molecule has 0 aromatic carbocycles. The smallest absolute Gasteiger partial charge is 0.0783 e. The summed E-state index contributed by atoms with van der Waals surface area (Å²) >= 11 is 5.67. The zero-order chi connectivity index (χ0) is 14.0. The maximum Gasteiger partial charge on any atom is 0.0783 e. The largest absolute Gasteiger partial charge is 0.374 e. The van der Waals surface area contributed by atoms with Crippen LogP contribution in [-0.2, 0) is 4.74 Å². The van der Waals surface area contributed by atoms with Crippen molar-refractivity contribution in [1.29, 1.82) is 0 Å². The van der Waals surface area contributed by atoms with Crippen LogP contribution in [0.25, 0.3) is 0 Å². The Morgan fingerprint density at radius 3 is 3.20 bits per heavy atom. The minimum Gasteiger partial charge on any atom is -0.374 e. The van der Waals surface area contributed by atoms with E-state index >= 15 is 0 Å². The average molecular weight is 357 g/mol. The van der Waals surface area contributed by atoms with Gasteiger partial charge in [-0.1, -0.05) is 0 Å². The van der Waals surface area contributed by atoms with Gasteiger partial charge >= 0.3 is 0 Å². The average Bonchev–Trinajstić information content (AvgIpc) is 2.90. The maximum absolute atomic E-state index is 6.14. The molecular weight excluding hydrogens is 336 g/mol. The topological polar surface area (TPSA) is 34.2 Å². The summed E-state index contributed by atoms with van der Waals surface area (Å²) in [5, 5.41) is 3.48. The van der Waals surface area contributed by atoms with Crippen molar-refractivity contribution >= 4 is 27.7 Å². The number of aromatic nitrogens is 1. The number of hydrogen-bond acceptors (Lipinski definition) is 4. The van der Waals surface area contributed by atoms with E-state index < -0.39 is 0 Å². The van der Waals surface area contributed by atoms with E-state index in [0.29, 0.717) is 12.0 Å². The van der Waals surface area contributed by atoms with Gasteiger partial charge in [0, 0.05) is 23.0 Å². The SMILES string of the molecule is CNC(c1ncccc1Br)C1CCOC2(CCSC2)C1. The molecule has 3 heterocycles. The van der Waals surface area contributed by atoms with Gasteiger partial charge in [-0.3, -0.25) is 4.98 Å². The molecule has 2 saturated heterocycles. The Kier molecular flexibility index (Phi) is 4.70. The number of pyridine rings is 1. The molecule has 2 aliphatic heterocycles. The Balaban J connectivity index is 1.81. The Labute approximate surface area is 133 Å². The van der Waals surface area contributed by atoms with E-state index in [1.54, 1.807) is 0 Å². The molecule has 1 aromatic rings. The van der Waals surface area contributed by atoms with Crippen molar-refractivity contribution in [2.75, 3.05) is 25.2 Å². The fraction of sp³-hybridized carbons (Fsp3) is 0.667. The zero-order valence-electron chi connectivity index (χ0n) is 11.8. The minimum atomic E-state index is 0.129. The number of nitrogens with zero attached hydrogens (tertiary/aromatic N) is 1. The summed E-state index contributed by atoms with van der Waals surface area (Å²) in [5.74, 6) is 2.99. The molecular formula is C15H21BrN2OS. The number of ether oxygens (including phenoxy) is 1. The molecule has 20 heavy (non-hydrogen) atoms. The van der Waals surface area contributed by atoms with Crippen molar-refractivity contribution < 1.29 is 4.74 Å². The van der Waals surface area contributed by atoms with Crippen molar-refractivity contribution in [2.24, 2.45) is 5.92 Å². The monoisotopic (exact) mass is 356 g/mol. The van der Waals surface area contributed by atoms with Crippen molar-refractivity contribution in [3.63, 3.8) is 0 Å².